The van der Waals surface area contributed by atoms with Gasteiger partial charge in [0.15, 0.2) is 0 Å². The zero-order chi connectivity index (χ0) is 11.0. The van der Waals surface area contributed by atoms with E-state index in [9.17, 15) is 4.79 Å². The fourth-order valence-corrected chi connectivity index (χ4v) is 4.07. The Morgan fingerprint density at radius 2 is 1.69 bits per heavy atom. The van der Waals surface area contributed by atoms with Crippen molar-refractivity contribution in [1.29, 1.82) is 0 Å². The van der Waals surface area contributed by atoms with Gasteiger partial charge < -0.3 is 4.90 Å². The number of fused-ring (bicyclic) bond motifs is 2. The first-order chi connectivity index (χ1) is 7.84. The summed E-state index contributed by atoms with van der Waals surface area (Å²) >= 11 is 0. The first kappa shape index (κ1) is 10.6. The van der Waals surface area contributed by atoms with E-state index in [4.69, 9.17) is 0 Å². The number of hydrogen-bond acceptors (Lipinski definition) is 1. The van der Waals surface area contributed by atoms with Crippen LogP contribution in [0.25, 0.3) is 0 Å². The summed E-state index contributed by atoms with van der Waals surface area (Å²) in [5, 5.41) is 0. The normalized spacial score (nSPS) is 38.8. The van der Waals surface area contributed by atoms with Crippen molar-refractivity contribution in [2.75, 3.05) is 13.1 Å². The molecule has 0 N–H and O–H groups in total. The summed E-state index contributed by atoms with van der Waals surface area (Å²) in [5.41, 5.74) is 0. The molecule has 3 unspecified atom stereocenters. The van der Waals surface area contributed by atoms with E-state index in [1.807, 2.05) is 0 Å². The van der Waals surface area contributed by atoms with E-state index in [1.54, 1.807) is 0 Å². The van der Waals surface area contributed by atoms with Gasteiger partial charge >= 0.3 is 0 Å². The van der Waals surface area contributed by atoms with Crippen LogP contribution in [0.1, 0.15) is 51.4 Å². The van der Waals surface area contributed by atoms with Gasteiger partial charge in [0.1, 0.15) is 0 Å². The molecule has 1 amide bonds. The highest BCUT2D eigenvalue weighted by atomic mass is 16.2. The minimum atomic E-state index is 0.414. The van der Waals surface area contributed by atoms with Gasteiger partial charge in [-0.1, -0.05) is 19.3 Å². The summed E-state index contributed by atoms with van der Waals surface area (Å²) in [6, 6.07) is 0. The average molecular weight is 221 g/mol. The number of amides is 1. The van der Waals surface area contributed by atoms with Crippen molar-refractivity contribution in [3.63, 3.8) is 0 Å². The summed E-state index contributed by atoms with van der Waals surface area (Å²) < 4.78 is 0. The highest BCUT2D eigenvalue weighted by molar-refractivity contribution is 5.79. The van der Waals surface area contributed by atoms with Crippen molar-refractivity contribution in [2.45, 2.75) is 51.4 Å². The molecule has 3 atom stereocenters. The Balaban J connectivity index is 1.63. The molecule has 0 spiro atoms. The van der Waals surface area contributed by atoms with Crippen molar-refractivity contribution in [3.8, 4) is 0 Å². The first-order valence-corrected chi connectivity index (χ1v) is 7.13. The molecular weight excluding hydrogens is 198 g/mol. The predicted molar refractivity (Wildman–Crippen MR) is 64.0 cm³/mol. The molecule has 1 aliphatic heterocycles. The standard InChI is InChI=1S/C14H23NO/c16-14(15-7-3-1-2-4-8-15)13-10-11-5-6-12(13)9-11/h11-13H,1-10H2. The van der Waals surface area contributed by atoms with E-state index in [2.05, 4.69) is 4.90 Å². The van der Waals surface area contributed by atoms with Crippen molar-refractivity contribution in [2.24, 2.45) is 17.8 Å². The third kappa shape index (κ3) is 1.87. The quantitative estimate of drug-likeness (QED) is 0.666. The fraction of sp³-hybridized carbons (Fsp3) is 0.929. The van der Waals surface area contributed by atoms with E-state index >= 15 is 0 Å². The smallest absolute Gasteiger partial charge is 0.225 e. The van der Waals surface area contributed by atoms with Gasteiger partial charge in [0.05, 0.1) is 0 Å². The van der Waals surface area contributed by atoms with Gasteiger partial charge in [-0.15, -0.1) is 0 Å². The minimum Gasteiger partial charge on any atom is -0.342 e. The summed E-state index contributed by atoms with van der Waals surface area (Å²) in [6.07, 6.45) is 10.4. The number of rotatable bonds is 1. The van der Waals surface area contributed by atoms with E-state index < -0.39 is 0 Å². The fourth-order valence-electron chi connectivity index (χ4n) is 4.07. The Labute approximate surface area is 98.4 Å². The molecule has 0 radical (unpaired) electrons. The molecule has 2 bridgehead atoms. The number of carbonyl (C=O) groups is 1. The zero-order valence-electron chi connectivity index (χ0n) is 10.2. The molecule has 2 heteroatoms. The average Bonchev–Trinajstić information content (AvgIpc) is 2.82. The van der Waals surface area contributed by atoms with Crippen LogP contribution in [0.3, 0.4) is 0 Å². The molecule has 0 aromatic carbocycles. The van der Waals surface area contributed by atoms with Crippen molar-refractivity contribution >= 4 is 5.91 Å². The summed E-state index contributed by atoms with van der Waals surface area (Å²) in [5.74, 6) is 2.57. The predicted octanol–water partition coefficient (Wildman–Crippen LogP) is 2.83. The van der Waals surface area contributed by atoms with Crippen molar-refractivity contribution in [3.05, 3.63) is 0 Å². The molecule has 0 aromatic heterocycles. The van der Waals surface area contributed by atoms with Gasteiger partial charge in [-0.3, -0.25) is 4.79 Å². The van der Waals surface area contributed by atoms with Crippen LogP contribution in [-0.4, -0.2) is 23.9 Å². The lowest BCUT2D eigenvalue weighted by molar-refractivity contribution is -0.137. The lowest BCUT2D eigenvalue weighted by Gasteiger charge is -2.28. The van der Waals surface area contributed by atoms with Gasteiger partial charge in [0.2, 0.25) is 5.91 Å². The SMILES string of the molecule is O=C(C1CC2CCC1C2)N1CCCCCC1. The van der Waals surface area contributed by atoms with E-state index in [1.165, 1.54) is 51.4 Å². The van der Waals surface area contributed by atoms with Gasteiger partial charge in [-0.2, -0.15) is 0 Å². The monoisotopic (exact) mass is 221 g/mol. The zero-order valence-corrected chi connectivity index (χ0v) is 10.2. The van der Waals surface area contributed by atoms with Crippen LogP contribution < -0.4 is 0 Å². The van der Waals surface area contributed by atoms with Crippen LogP contribution in [0, 0.1) is 17.8 Å². The number of nitrogens with zero attached hydrogens (tertiary/aromatic N) is 1. The molecule has 0 aromatic rings. The molecule has 3 fully saturated rings. The third-order valence-electron chi connectivity index (χ3n) is 4.97. The van der Waals surface area contributed by atoms with Crippen LogP contribution in [0.2, 0.25) is 0 Å². The second-order valence-corrected chi connectivity index (χ2v) is 6.02. The van der Waals surface area contributed by atoms with Gasteiger partial charge in [0.25, 0.3) is 0 Å². The largest absolute Gasteiger partial charge is 0.342 e. The Bertz CT molecular complexity index is 268. The maximum Gasteiger partial charge on any atom is 0.225 e. The van der Waals surface area contributed by atoms with E-state index in [0.29, 0.717) is 11.8 Å². The molecule has 3 rings (SSSR count). The number of likely N-dealkylation sites (tertiary alicyclic amines) is 1. The molecule has 2 saturated carbocycles. The highest BCUT2D eigenvalue weighted by Gasteiger charge is 2.44. The van der Waals surface area contributed by atoms with Crippen LogP contribution in [0.5, 0.6) is 0 Å². The maximum absolute atomic E-state index is 12.5. The van der Waals surface area contributed by atoms with Crippen LogP contribution >= 0.6 is 0 Å². The highest BCUT2D eigenvalue weighted by Crippen LogP contribution is 2.48. The van der Waals surface area contributed by atoms with Crippen LogP contribution in [0.15, 0.2) is 0 Å². The topological polar surface area (TPSA) is 20.3 Å². The van der Waals surface area contributed by atoms with Gasteiger partial charge in [0, 0.05) is 19.0 Å². The first-order valence-electron chi connectivity index (χ1n) is 7.13. The molecule has 2 aliphatic carbocycles. The molecular formula is C14H23NO. The molecule has 90 valence electrons. The van der Waals surface area contributed by atoms with Crippen LogP contribution in [-0.2, 0) is 4.79 Å². The summed E-state index contributed by atoms with van der Waals surface area (Å²) in [7, 11) is 0. The minimum absolute atomic E-state index is 0.414. The molecule has 16 heavy (non-hydrogen) atoms. The second kappa shape index (κ2) is 4.38. The molecule has 3 aliphatic rings. The number of hydrogen-bond donors (Lipinski definition) is 0. The maximum atomic E-state index is 12.5. The van der Waals surface area contributed by atoms with Crippen LogP contribution in [0.4, 0.5) is 0 Å². The molecule has 1 heterocycles. The molecule has 1 saturated heterocycles. The van der Waals surface area contributed by atoms with E-state index in [0.717, 1.165) is 24.9 Å². The van der Waals surface area contributed by atoms with Gasteiger partial charge in [-0.05, 0) is 43.9 Å². The third-order valence-corrected chi connectivity index (χ3v) is 4.97. The summed E-state index contributed by atoms with van der Waals surface area (Å²) in [6.45, 7) is 2.07. The van der Waals surface area contributed by atoms with Gasteiger partial charge in [-0.25, -0.2) is 0 Å². The van der Waals surface area contributed by atoms with Crippen molar-refractivity contribution in [1.82, 2.24) is 4.90 Å². The lowest BCUT2D eigenvalue weighted by Crippen LogP contribution is -2.38. The lowest BCUT2D eigenvalue weighted by atomic mass is 9.87. The Morgan fingerprint density at radius 3 is 2.25 bits per heavy atom. The Hall–Kier alpha value is -0.530. The Morgan fingerprint density at radius 1 is 0.938 bits per heavy atom. The molecule has 2 nitrogen and oxygen atoms in total. The van der Waals surface area contributed by atoms with Crippen molar-refractivity contribution < 1.29 is 4.79 Å². The second-order valence-electron chi connectivity index (χ2n) is 6.02. The van der Waals surface area contributed by atoms with E-state index in [-0.39, 0.29) is 0 Å². The summed E-state index contributed by atoms with van der Waals surface area (Å²) in [4.78, 5) is 14.6. The number of carbonyl (C=O) groups excluding carboxylic acids is 1. The Kier molecular flexibility index (Phi) is 2.91.